The standard InChI is InChI=1S/C14H18N2O.ClH/c15-13-9-12(13)10-4-3-5-11(8-10)14(17)16-6-1-2-7-16;/h3-5,8,12-13H,1-2,6-7,9,15H2;1H/t12-,13+;/m0./s1. The van der Waals surface area contributed by atoms with Crippen LogP contribution >= 0.6 is 12.4 Å². The van der Waals surface area contributed by atoms with Crippen LogP contribution in [0.15, 0.2) is 24.3 Å². The van der Waals surface area contributed by atoms with E-state index in [-0.39, 0.29) is 18.3 Å². The van der Waals surface area contributed by atoms with Crippen LogP contribution in [0, 0.1) is 0 Å². The first kappa shape index (κ1) is 13.4. The van der Waals surface area contributed by atoms with E-state index in [2.05, 4.69) is 6.07 Å². The maximum atomic E-state index is 12.2. The minimum absolute atomic E-state index is 0. The number of likely N-dealkylation sites (tertiary alicyclic amines) is 1. The van der Waals surface area contributed by atoms with E-state index in [0.717, 1.165) is 37.9 Å². The number of carbonyl (C=O) groups is 1. The largest absolute Gasteiger partial charge is 0.339 e. The highest BCUT2D eigenvalue weighted by Crippen LogP contribution is 2.39. The lowest BCUT2D eigenvalue weighted by atomic mass is 10.1. The zero-order valence-corrected chi connectivity index (χ0v) is 11.2. The average molecular weight is 267 g/mol. The predicted molar refractivity (Wildman–Crippen MR) is 74.2 cm³/mol. The lowest BCUT2D eigenvalue weighted by molar-refractivity contribution is 0.0792. The van der Waals surface area contributed by atoms with Crippen molar-refractivity contribution >= 4 is 18.3 Å². The monoisotopic (exact) mass is 266 g/mol. The number of benzene rings is 1. The smallest absolute Gasteiger partial charge is 0.253 e. The Morgan fingerprint density at radius 1 is 1.28 bits per heavy atom. The summed E-state index contributed by atoms with van der Waals surface area (Å²) in [4.78, 5) is 14.2. The molecule has 1 amide bonds. The first-order chi connectivity index (χ1) is 8.25. The zero-order valence-electron chi connectivity index (χ0n) is 10.3. The van der Waals surface area contributed by atoms with Crippen LogP contribution in [0.25, 0.3) is 0 Å². The summed E-state index contributed by atoms with van der Waals surface area (Å²) >= 11 is 0. The maximum absolute atomic E-state index is 12.2. The van der Waals surface area contributed by atoms with Gasteiger partial charge in [0.1, 0.15) is 0 Å². The molecule has 0 radical (unpaired) electrons. The molecule has 1 aliphatic heterocycles. The average Bonchev–Trinajstić information content (AvgIpc) is 2.88. The van der Waals surface area contributed by atoms with E-state index in [9.17, 15) is 4.79 Å². The molecule has 1 saturated heterocycles. The van der Waals surface area contributed by atoms with Crippen LogP contribution in [-0.2, 0) is 0 Å². The summed E-state index contributed by atoms with van der Waals surface area (Å²) in [6, 6.07) is 8.30. The Kier molecular flexibility index (Phi) is 3.93. The summed E-state index contributed by atoms with van der Waals surface area (Å²) in [7, 11) is 0. The van der Waals surface area contributed by atoms with Gasteiger partial charge in [-0.25, -0.2) is 0 Å². The molecule has 2 atom stereocenters. The molecule has 1 aromatic carbocycles. The minimum atomic E-state index is 0. The van der Waals surface area contributed by atoms with Crippen molar-refractivity contribution in [1.82, 2.24) is 4.90 Å². The van der Waals surface area contributed by atoms with Crippen LogP contribution in [0.4, 0.5) is 0 Å². The van der Waals surface area contributed by atoms with E-state index in [0.29, 0.717) is 12.0 Å². The van der Waals surface area contributed by atoms with Gasteiger partial charge in [-0.05, 0) is 37.0 Å². The highest BCUT2D eigenvalue weighted by atomic mass is 35.5. The van der Waals surface area contributed by atoms with Gasteiger partial charge in [0.05, 0.1) is 0 Å². The molecule has 1 aromatic rings. The second-order valence-corrected chi connectivity index (χ2v) is 5.13. The van der Waals surface area contributed by atoms with Crippen molar-refractivity contribution in [1.29, 1.82) is 0 Å². The van der Waals surface area contributed by atoms with E-state index in [1.807, 2.05) is 23.1 Å². The molecule has 1 saturated carbocycles. The van der Waals surface area contributed by atoms with Crippen molar-refractivity contribution in [2.45, 2.75) is 31.2 Å². The van der Waals surface area contributed by atoms with Gasteiger partial charge in [0, 0.05) is 30.6 Å². The molecule has 0 spiro atoms. The fraction of sp³-hybridized carbons (Fsp3) is 0.500. The topological polar surface area (TPSA) is 46.3 Å². The van der Waals surface area contributed by atoms with Gasteiger partial charge in [0.25, 0.3) is 5.91 Å². The molecule has 2 fully saturated rings. The van der Waals surface area contributed by atoms with Gasteiger partial charge in [-0.15, -0.1) is 12.4 Å². The SMILES string of the molecule is Cl.N[C@@H]1C[C@H]1c1cccc(C(=O)N2CCCC2)c1. The van der Waals surface area contributed by atoms with Gasteiger partial charge >= 0.3 is 0 Å². The van der Waals surface area contributed by atoms with Gasteiger partial charge in [0.2, 0.25) is 0 Å². The summed E-state index contributed by atoms with van der Waals surface area (Å²) in [6.45, 7) is 1.82. The third-order valence-corrected chi connectivity index (χ3v) is 3.79. The normalized spacial score (nSPS) is 25.7. The fourth-order valence-corrected chi connectivity index (χ4v) is 2.60. The molecule has 2 aliphatic rings. The Hall–Kier alpha value is -1.06. The molecular formula is C14H19ClN2O. The summed E-state index contributed by atoms with van der Waals surface area (Å²) in [5.41, 5.74) is 7.90. The Balaban J connectivity index is 0.00000120. The van der Waals surface area contributed by atoms with Crippen molar-refractivity contribution in [3.8, 4) is 0 Å². The van der Waals surface area contributed by atoms with Crippen LogP contribution in [0.3, 0.4) is 0 Å². The zero-order chi connectivity index (χ0) is 11.8. The molecule has 4 heteroatoms. The quantitative estimate of drug-likeness (QED) is 0.892. The number of hydrogen-bond donors (Lipinski definition) is 1. The summed E-state index contributed by atoms with van der Waals surface area (Å²) in [5.74, 6) is 0.653. The van der Waals surface area contributed by atoms with Crippen LogP contribution in [0.5, 0.6) is 0 Å². The van der Waals surface area contributed by atoms with Crippen LogP contribution < -0.4 is 5.73 Å². The summed E-state index contributed by atoms with van der Waals surface area (Å²) in [5, 5.41) is 0. The van der Waals surface area contributed by atoms with E-state index < -0.39 is 0 Å². The van der Waals surface area contributed by atoms with Gasteiger partial charge in [0.15, 0.2) is 0 Å². The molecule has 2 N–H and O–H groups in total. The first-order valence-electron chi connectivity index (χ1n) is 6.40. The second-order valence-electron chi connectivity index (χ2n) is 5.13. The molecule has 98 valence electrons. The van der Waals surface area contributed by atoms with Gasteiger partial charge in [-0.1, -0.05) is 12.1 Å². The second kappa shape index (κ2) is 5.29. The lowest BCUT2D eigenvalue weighted by Crippen LogP contribution is -2.27. The predicted octanol–water partition coefficient (Wildman–Crippen LogP) is 2.16. The molecule has 3 rings (SSSR count). The van der Waals surface area contributed by atoms with E-state index >= 15 is 0 Å². The number of hydrogen-bond acceptors (Lipinski definition) is 2. The highest BCUT2D eigenvalue weighted by molar-refractivity contribution is 5.94. The number of nitrogens with zero attached hydrogens (tertiary/aromatic N) is 1. The van der Waals surface area contributed by atoms with Crippen molar-refractivity contribution in [3.05, 3.63) is 35.4 Å². The number of carbonyl (C=O) groups excluding carboxylic acids is 1. The molecule has 1 heterocycles. The molecule has 0 aromatic heterocycles. The molecule has 0 bridgehead atoms. The van der Waals surface area contributed by atoms with Gasteiger partial charge in [-0.2, -0.15) is 0 Å². The Bertz CT molecular complexity index is 443. The fourth-order valence-electron chi connectivity index (χ4n) is 2.60. The Morgan fingerprint density at radius 3 is 2.56 bits per heavy atom. The van der Waals surface area contributed by atoms with Crippen molar-refractivity contribution in [3.63, 3.8) is 0 Å². The minimum Gasteiger partial charge on any atom is -0.339 e. The first-order valence-corrected chi connectivity index (χ1v) is 6.40. The Morgan fingerprint density at radius 2 is 1.94 bits per heavy atom. The van der Waals surface area contributed by atoms with Gasteiger partial charge < -0.3 is 10.6 Å². The lowest BCUT2D eigenvalue weighted by Gasteiger charge is -2.15. The number of amides is 1. The van der Waals surface area contributed by atoms with Crippen LogP contribution in [0.1, 0.15) is 41.1 Å². The number of halogens is 1. The van der Waals surface area contributed by atoms with Crippen LogP contribution in [-0.4, -0.2) is 29.9 Å². The third-order valence-electron chi connectivity index (χ3n) is 3.79. The van der Waals surface area contributed by atoms with Crippen molar-refractivity contribution in [2.75, 3.05) is 13.1 Å². The molecule has 1 aliphatic carbocycles. The Labute approximate surface area is 114 Å². The van der Waals surface area contributed by atoms with Crippen molar-refractivity contribution < 1.29 is 4.79 Å². The number of nitrogens with two attached hydrogens (primary N) is 1. The highest BCUT2D eigenvalue weighted by Gasteiger charge is 2.35. The van der Waals surface area contributed by atoms with Crippen molar-refractivity contribution in [2.24, 2.45) is 5.73 Å². The maximum Gasteiger partial charge on any atom is 0.253 e. The van der Waals surface area contributed by atoms with E-state index in [1.54, 1.807) is 0 Å². The molecule has 3 nitrogen and oxygen atoms in total. The summed E-state index contributed by atoms with van der Waals surface area (Å²) < 4.78 is 0. The van der Waals surface area contributed by atoms with E-state index in [4.69, 9.17) is 5.73 Å². The number of rotatable bonds is 2. The van der Waals surface area contributed by atoms with E-state index in [1.165, 1.54) is 5.56 Å². The van der Waals surface area contributed by atoms with Crippen LogP contribution in [0.2, 0.25) is 0 Å². The van der Waals surface area contributed by atoms with Gasteiger partial charge in [-0.3, -0.25) is 4.79 Å². The molecular weight excluding hydrogens is 248 g/mol. The summed E-state index contributed by atoms with van der Waals surface area (Å²) in [6.07, 6.45) is 3.33. The molecule has 18 heavy (non-hydrogen) atoms. The molecule has 0 unspecified atom stereocenters. The third kappa shape index (κ3) is 2.52.